The zero-order chi connectivity index (χ0) is 14.8. The number of para-hydroxylation sites is 2. The summed E-state index contributed by atoms with van der Waals surface area (Å²) >= 11 is 0.804. The molecule has 0 radical (unpaired) electrons. The van der Waals surface area contributed by atoms with Crippen LogP contribution in [0.15, 0.2) is 30.5 Å². The number of hydrogen-bond acceptors (Lipinski definition) is 5. The second-order valence-corrected chi connectivity index (χ2v) is 4.53. The van der Waals surface area contributed by atoms with Gasteiger partial charge in [0.05, 0.1) is 11.9 Å². The first kappa shape index (κ1) is 14.1. The average molecular weight is 304 g/mol. The molecule has 0 atom stereocenters. The number of carboxylic acids is 1. The fraction of sp³-hybridized carbons (Fsp3) is 0.0909. The number of halogens is 3. The van der Waals surface area contributed by atoms with Crippen molar-refractivity contribution in [2.45, 2.75) is 6.36 Å². The second kappa shape index (κ2) is 5.37. The average Bonchev–Trinajstić information content (AvgIpc) is 2.78. The summed E-state index contributed by atoms with van der Waals surface area (Å²) in [5.41, 5.74) is 0.0381. The van der Waals surface area contributed by atoms with Gasteiger partial charge in [-0.2, -0.15) is 0 Å². The fourth-order valence-corrected chi connectivity index (χ4v) is 2.00. The number of ether oxygens (including phenoxy) is 1. The summed E-state index contributed by atoms with van der Waals surface area (Å²) in [5, 5.41) is 11.5. The first-order chi connectivity index (χ1) is 9.35. The van der Waals surface area contributed by atoms with Crippen molar-refractivity contribution in [2.24, 2.45) is 0 Å². The summed E-state index contributed by atoms with van der Waals surface area (Å²) < 4.78 is 40.5. The van der Waals surface area contributed by atoms with Crippen molar-refractivity contribution in [3.8, 4) is 5.75 Å². The van der Waals surface area contributed by atoms with Crippen LogP contribution >= 0.6 is 11.3 Å². The van der Waals surface area contributed by atoms with Gasteiger partial charge in [-0.15, -0.1) is 13.2 Å². The van der Waals surface area contributed by atoms with Crippen LogP contribution in [-0.4, -0.2) is 22.4 Å². The summed E-state index contributed by atoms with van der Waals surface area (Å²) in [5.74, 6) is -1.58. The van der Waals surface area contributed by atoms with Gasteiger partial charge in [0.1, 0.15) is 4.88 Å². The first-order valence-electron chi connectivity index (χ1n) is 5.16. The molecule has 0 fully saturated rings. The Morgan fingerprint density at radius 1 is 1.35 bits per heavy atom. The number of thiazole rings is 1. The Bertz CT molecular complexity index is 627. The third-order valence-electron chi connectivity index (χ3n) is 2.07. The number of benzene rings is 1. The van der Waals surface area contributed by atoms with Gasteiger partial charge in [0.2, 0.25) is 0 Å². The predicted molar refractivity (Wildman–Crippen MR) is 65.5 cm³/mol. The number of rotatable bonds is 4. The molecule has 106 valence electrons. The lowest BCUT2D eigenvalue weighted by atomic mass is 10.3. The minimum absolute atomic E-state index is 0.0262. The van der Waals surface area contributed by atoms with Crippen molar-refractivity contribution in [2.75, 3.05) is 5.32 Å². The second-order valence-electron chi connectivity index (χ2n) is 3.50. The standard InChI is InChI=1S/C11H7F3N2O3S/c12-11(13,14)19-7-4-2-1-3-6(7)16-10-15-5-8(20-10)9(17)18/h1-5H,(H,15,16)(H,17,18). The number of aromatic nitrogens is 1. The van der Waals surface area contributed by atoms with Gasteiger partial charge in [0.15, 0.2) is 10.9 Å². The number of nitrogens with one attached hydrogen (secondary N) is 1. The van der Waals surface area contributed by atoms with Gasteiger partial charge >= 0.3 is 12.3 Å². The molecule has 1 aromatic heterocycles. The van der Waals surface area contributed by atoms with Gasteiger partial charge in [0, 0.05) is 0 Å². The number of carboxylic acid groups (broad SMARTS) is 1. The Hall–Kier alpha value is -2.29. The highest BCUT2D eigenvalue weighted by Gasteiger charge is 2.32. The van der Waals surface area contributed by atoms with E-state index in [-0.39, 0.29) is 15.7 Å². The number of carbonyl (C=O) groups is 1. The van der Waals surface area contributed by atoms with Gasteiger partial charge in [-0.05, 0) is 12.1 Å². The lowest BCUT2D eigenvalue weighted by molar-refractivity contribution is -0.274. The molecule has 0 saturated heterocycles. The van der Waals surface area contributed by atoms with E-state index in [1.165, 1.54) is 18.2 Å². The number of alkyl halides is 3. The van der Waals surface area contributed by atoms with Gasteiger partial charge in [-0.25, -0.2) is 9.78 Å². The van der Waals surface area contributed by atoms with Gasteiger partial charge in [-0.1, -0.05) is 23.5 Å². The molecule has 1 heterocycles. The molecule has 0 aliphatic rings. The smallest absolute Gasteiger partial charge is 0.477 e. The highest BCUT2D eigenvalue weighted by atomic mass is 32.1. The maximum Gasteiger partial charge on any atom is 0.573 e. The molecule has 0 aliphatic heterocycles. The molecule has 9 heteroatoms. The summed E-state index contributed by atoms with van der Waals surface area (Å²) in [7, 11) is 0. The van der Waals surface area contributed by atoms with E-state index in [2.05, 4.69) is 15.0 Å². The van der Waals surface area contributed by atoms with E-state index >= 15 is 0 Å². The van der Waals surface area contributed by atoms with E-state index in [1.807, 2.05) is 0 Å². The molecule has 20 heavy (non-hydrogen) atoms. The van der Waals surface area contributed by atoms with Crippen LogP contribution in [0.2, 0.25) is 0 Å². The lowest BCUT2D eigenvalue weighted by Crippen LogP contribution is -2.17. The molecule has 2 aromatic rings. The van der Waals surface area contributed by atoms with Crippen molar-refractivity contribution in [3.63, 3.8) is 0 Å². The first-order valence-corrected chi connectivity index (χ1v) is 5.98. The van der Waals surface area contributed by atoms with E-state index in [1.54, 1.807) is 0 Å². The monoisotopic (exact) mass is 304 g/mol. The molecule has 0 unspecified atom stereocenters. The van der Waals surface area contributed by atoms with E-state index in [4.69, 9.17) is 5.11 Å². The third-order valence-corrected chi connectivity index (χ3v) is 2.97. The number of aromatic carboxylic acids is 1. The van der Waals surface area contributed by atoms with Crippen molar-refractivity contribution < 1.29 is 27.8 Å². The Kier molecular flexibility index (Phi) is 3.79. The number of anilines is 2. The maximum absolute atomic E-state index is 12.2. The zero-order valence-corrected chi connectivity index (χ0v) is 10.5. The molecule has 1 aromatic carbocycles. The molecule has 2 rings (SSSR count). The molecule has 0 spiro atoms. The van der Waals surface area contributed by atoms with Crippen LogP contribution in [0.3, 0.4) is 0 Å². The van der Waals surface area contributed by atoms with Crippen LogP contribution in [0.4, 0.5) is 24.0 Å². The topological polar surface area (TPSA) is 71.5 Å². The van der Waals surface area contributed by atoms with Crippen LogP contribution in [0, 0.1) is 0 Å². The zero-order valence-electron chi connectivity index (χ0n) is 9.64. The summed E-state index contributed by atoms with van der Waals surface area (Å²) in [4.78, 5) is 14.4. The molecular formula is C11H7F3N2O3S. The summed E-state index contributed by atoms with van der Waals surface area (Å²) in [6, 6.07) is 5.40. The van der Waals surface area contributed by atoms with E-state index < -0.39 is 18.1 Å². The van der Waals surface area contributed by atoms with E-state index in [0.29, 0.717) is 0 Å². The fourth-order valence-electron chi connectivity index (χ4n) is 1.33. The Morgan fingerprint density at radius 2 is 2.05 bits per heavy atom. The minimum atomic E-state index is -4.81. The van der Waals surface area contributed by atoms with Crippen LogP contribution < -0.4 is 10.1 Å². The SMILES string of the molecule is O=C(O)c1cnc(Nc2ccccc2OC(F)(F)F)s1. The quantitative estimate of drug-likeness (QED) is 0.904. The van der Waals surface area contributed by atoms with Crippen LogP contribution in [0.5, 0.6) is 5.75 Å². The molecule has 0 amide bonds. The summed E-state index contributed by atoms with van der Waals surface area (Å²) in [6.45, 7) is 0. The highest BCUT2D eigenvalue weighted by Crippen LogP contribution is 2.33. The van der Waals surface area contributed by atoms with E-state index in [0.717, 1.165) is 23.6 Å². The highest BCUT2D eigenvalue weighted by molar-refractivity contribution is 7.17. The molecule has 2 N–H and O–H groups in total. The van der Waals surface area contributed by atoms with Crippen molar-refractivity contribution in [1.82, 2.24) is 4.98 Å². The normalized spacial score (nSPS) is 11.2. The largest absolute Gasteiger partial charge is 0.573 e. The van der Waals surface area contributed by atoms with Crippen molar-refractivity contribution in [3.05, 3.63) is 35.3 Å². The van der Waals surface area contributed by atoms with Crippen LogP contribution in [0.1, 0.15) is 9.67 Å². The van der Waals surface area contributed by atoms with Gasteiger partial charge in [-0.3, -0.25) is 0 Å². The molecule has 0 bridgehead atoms. The molecule has 0 aliphatic carbocycles. The van der Waals surface area contributed by atoms with E-state index in [9.17, 15) is 18.0 Å². The van der Waals surface area contributed by atoms with Gasteiger partial charge in [0.25, 0.3) is 0 Å². The maximum atomic E-state index is 12.2. The Morgan fingerprint density at radius 3 is 2.65 bits per heavy atom. The third kappa shape index (κ3) is 3.60. The van der Waals surface area contributed by atoms with Crippen LogP contribution in [0.25, 0.3) is 0 Å². The predicted octanol–water partition coefficient (Wildman–Crippen LogP) is 3.48. The summed E-state index contributed by atoms with van der Waals surface area (Å²) in [6.07, 6.45) is -3.70. The molecule has 0 saturated carbocycles. The van der Waals surface area contributed by atoms with Crippen molar-refractivity contribution >= 4 is 28.1 Å². The minimum Gasteiger partial charge on any atom is -0.477 e. The van der Waals surface area contributed by atoms with Crippen molar-refractivity contribution in [1.29, 1.82) is 0 Å². The molecule has 5 nitrogen and oxygen atoms in total. The Labute approximate surface area is 114 Å². The Balaban J connectivity index is 2.22. The van der Waals surface area contributed by atoms with Gasteiger partial charge < -0.3 is 15.2 Å². The lowest BCUT2D eigenvalue weighted by Gasteiger charge is -2.13. The number of hydrogen-bond donors (Lipinski definition) is 2. The number of nitrogens with zero attached hydrogens (tertiary/aromatic N) is 1. The van der Waals surface area contributed by atoms with Crippen LogP contribution in [-0.2, 0) is 0 Å². The molecular weight excluding hydrogens is 297 g/mol.